The molecule has 0 spiro atoms. The van der Waals surface area contributed by atoms with Crippen molar-refractivity contribution in [2.24, 2.45) is 0 Å². The fourth-order valence-electron chi connectivity index (χ4n) is 1.59. The molecule has 2 nitrogen and oxygen atoms in total. The van der Waals surface area contributed by atoms with Crippen LogP contribution >= 0.6 is 0 Å². The number of nitrogen functional groups attached to an aromatic ring is 1. The van der Waals surface area contributed by atoms with Crippen LogP contribution in [0.2, 0.25) is 0 Å². The van der Waals surface area contributed by atoms with E-state index in [9.17, 15) is 8.78 Å². The Morgan fingerprint density at radius 1 is 0.944 bits per heavy atom. The molecule has 0 bridgehead atoms. The highest BCUT2D eigenvalue weighted by molar-refractivity contribution is 5.46. The third-order valence-electron chi connectivity index (χ3n) is 2.58. The predicted molar refractivity (Wildman–Crippen MR) is 65.7 cm³/mol. The standard InChI is InChI=1S/C14H13F2NO/c15-12-5-6-14(17)11(7-12)9-18-8-10-3-1-2-4-13(10)16/h1-7H,8-9,17H2. The topological polar surface area (TPSA) is 35.2 Å². The van der Waals surface area contributed by atoms with E-state index in [1.165, 1.54) is 24.3 Å². The number of halogens is 2. The van der Waals surface area contributed by atoms with Crippen LogP contribution in [-0.2, 0) is 18.0 Å². The van der Waals surface area contributed by atoms with Crippen LogP contribution in [0, 0.1) is 11.6 Å². The molecule has 0 fully saturated rings. The minimum Gasteiger partial charge on any atom is -0.398 e. The number of anilines is 1. The zero-order valence-corrected chi connectivity index (χ0v) is 9.70. The van der Waals surface area contributed by atoms with E-state index in [-0.39, 0.29) is 24.8 Å². The van der Waals surface area contributed by atoms with Gasteiger partial charge >= 0.3 is 0 Å². The van der Waals surface area contributed by atoms with E-state index < -0.39 is 0 Å². The van der Waals surface area contributed by atoms with Crippen LogP contribution < -0.4 is 5.73 Å². The van der Waals surface area contributed by atoms with Crippen LogP contribution in [0.3, 0.4) is 0 Å². The molecule has 2 rings (SSSR count). The first-order chi connectivity index (χ1) is 8.66. The Labute approximate surface area is 104 Å². The second kappa shape index (κ2) is 5.60. The Balaban J connectivity index is 1.96. The zero-order valence-electron chi connectivity index (χ0n) is 9.70. The number of nitrogens with two attached hydrogens (primary N) is 1. The fourth-order valence-corrected chi connectivity index (χ4v) is 1.59. The maximum Gasteiger partial charge on any atom is 0.128 e. The molecule has 0 saturated heterocycles. The van der Waals surface area contributed by atoms with Gasteiger partial charge in [-0.25, -0.2) is 8.78 Å². The molecule has 0 radical (unpaired) electrons. The van der Waals surface area contributed by atoms with Crippen LogP contribution in [0.4, 0.5) is 14.5 Å². The number of benzene rings is 2. The van der Waals surface area contributed by atoms with Gasteiger partial charge in [0.05, 0.1) is 13.2 Å². The minimum atomic E-state index is -0.367. The highest BCUT2D eigenvalue weighted by Gasteiger charge is 2.04. The van der Waals surface area contributed by atoms with Gasteiger partial charge in [0.1, 0.15) is 11.6 Å². The van der Waals surface area contributed by atoms with E-state index in [2.05, 4.69) is 0 Å². The maximum atomic E-state index is 13.3. The first-order valence-corrected chi connectivity index (χ1v) is 5.52. The highest BCUT2D eigenvalue weighted by Crippen LogP contribution is 2.16. The smallest absolute Gasteiger partial charge is 0.128 e. The lowest BCUT2D eigenvalue weighted by Gasteiger charge is -2.08. The van der Waals surface area contributed by atoms with Crippen molar-refractivity contribution in [3.05, 3.63) is 65.2 Å². The van der Waals surface area contributed by atoms with Crippen LogP contribution in [0.1, 0.15) is 11.1 Å². The zero-order chi connectivity index (χ0) is 13.0. The normalized spacial score (nSPS) is 10.6. The summed E-state index contributed by atoms with van der Waals surface area (Å²) in [7, 11) is 0. The molecule has 18 heavy (non-hydrogen) atoms. The van der Waals surface area contributed by atoms with Gasteiger partial charge in [0.15, 0.2) is 0 Å². The summed E-state index contributed by atoms with van der Waals surface area (Å²) in [6.45, 7) is 0.278. The average molecular weight is 249 g/mol. The number of hydrogen-bond donors (Lipinski definition) is 1. The SMILES string of the molecule is Nc1ccc(F)cc1COCc1ccccc1F. The Kier molecular flexibility index (Phi) is 3.89. The Bertz CT molecular complexity index is 543. The Hall–Kier alpha value is -1.94. The summed E-state index contributed by atoms with van der Waals surface area (Å²) in [5, 5.41) is 0. The van der Waals surface area contributed by atoms with Crippen molar-refractivity contribution in [3.8, 4) is 0 Å². The monoisotopic (exact) mass is 249 g/mol. The first kappa shape index (κ1) is 12.5. The van der Waals surface area contributed by atoms with Gasteiger partial charge in [-0.15, -0.1) is 0 Å². The second-order valence-corrected chi connectivity index (χ2v) is 3.93. The molecule has 0 aliphatic carbocycles. The molecule has 2 aromatic carbocycles. The van der Waals surface area contributed by atoms with Crippen molar-refractivity contribution in [1.82, 2.24) is 0 Å². The number of rotatable bonds is 4. The van der Waals surface area contributed by atoms with Gasteiger partial charge in [-0.2, -0.15) is 0 Å². The summed E-state index contributed by atoms with van der Waals surface area (Å²) in [4.78, 5) is 0. The van der Waals surface area contributed by atoms with Crippen LogP contribution in [0.5, 0.6) is 0 Å². The lowest BCUT2D eigenvalue weighted by Crippen LogP contribution is -2.00. The van der Waals surface area contributed by atoms with E-state index in [1.807, 2.05) is 0 Å². The van der Waals surface area contributed by atoms with Crippen molar-refractivity contribution in [1.29, 1.82) is 0 Å². The summed E-state index contributed by atoms with van der Waals surface area (Å²) in [6.07, 6.45) is 0. The molecule has 0 unspecified atom stereocenters. The minimum absolute atomic E-state index is 0.128. The van der Waals surface area contributed by atoms with E-state index in [4.69, 9.17) is 10.5 Å². The van der Waals surface area contributed by atoms with Gasteiger partial charge in [-0.05, 0) is 24.3 Å². The largest absolute Gasteiger partial charge is 0.398 e. The van der Waals surface area contributed by atoms with Crippen molar-refractivity contribution in [3.63, 3.8) is 0 Å². The quantitative estimate of drug-likeness (QED) is 0.844. The maximum absolute atomic E-state index is 13.3. The second-order valence-electron chi connectivity index (χ2n) is 3.93. The summed E-state index contributed by atoms with van der Waals surface area (Å²) in [5.41, 5.74) is 7.17. The molecular formula is C14H13F2NO. The third-order valence-corrected chi connectivity index (χ3v) is 2.58. The highest BCUT2D eigenvalue weighted by atomic mass is 19.1. The van der Waals surface area contributed by atoms with E-state index in [0.29, 0.717) is 16.8 Å². The van der Waals surface area contributed by atoms with Gasteiger partial charge in [-0.3, -0.25) is 0 Å². The van der Waals surface area contributed by atoms with Gasteiger partial charge in [0, 0.05) is 16.8 Å². The van der Waals surface area contributed by atoms with Crippen LogP contribution in [-0.4, -0.2) is 0 Å². The van der Waals surface area contributed by atoms with Gasteiger partial charge in [-0.1, -0.05) is 18.2 Å². The van der Waals surface area contributed by atoms with Crippen LogP contribution in [0.25, 0.3) is 0 Å². The van der Waals surface area contributed by atoms with Crippen molar-refractivity contribution in [2.45, 2.75) is 13.2 Å². The molecule has 0 aromatic heterocycles. The Morgan fingerprint density at radius 2 is 1.67 bits per heavy atom. The van der Waals surface area contributed by atoms with E-state index in [0.717, 1.165) is 0 Å². The average Bonchev–Trinajstić information content (AvgIpc) is 2.36. The van der Waals surface area contributed by atoms with Gasteiger partial charge < -0.3 is 10.5 Å². The van der Waals surface area contributed by atoms with Crippen molar-refractivity contribution in [2.75, 3.05) is 5.73 Å². The molecule has 0 aliphatic rings. The molecule has 0 aliphatic heterocycles. The van der Waals surface area contributed by atoms with E-state index in [1.54, 1.807) is 18.2 Å². The van der Waals surface area contributed by atoms with Crippen molar-refractivity contribution >= 4 is 5.69 Å². The molecule has 2 N–H and O–H groups in total. The lowest BCUT2D eigenvalue weighted by atomic mass is 10.2. The Morgan fingerprint density at radius 3 is 2.44 bits per heavy atom. The molecule has 94 valence electrons. The fraction of sp³-hybridized carbons (Fsp3) is 0.143. The summed E-state index contributed by atoms with van der Waals surface area (Å²) < 4.78 is 31.6. The summed E-state index contributed by atoms with van der Waals surface area (Å²) in [5.74, 6) is -0.682. The van der Waals surface area contributed by atoms with E-state index >= 15 is 0 Å². The number of hydrogen-bond acceptors (Lipinski definition) is 2. The van der Waals surface area contributed by atoms with Gasteiger partial charge in [0.2, 0.25) is 0 Å². The van der Waals surface area contributed by atoms with Crippen LogP contribution in [0.15, 0.2) is 42.5 Å². The third kappa shape index (κ3) is 3.05. The molecule has 0 heterocycles. The number of ether oxygens (including phenoxy) is 1. The summed E-state index contributed by atoms with van der Waals surface area (Å²) in [6, 6.07) is 10.4. The lowest BCUT2D eigenvalue weighted by molar-refractivity contribution is 0.105. The molecule has 0 saturated carbocycles. The molecule has 0 amide bonds. The molecule has 2 aromatic rings. The van der Waals surface area contributed by atoms with Crippen molar-refractivity contribution < 1.29 is 13.5 Å². The van der Waals surface area contributed by atoms with Gasteiger partial charge in [0.25, 0.3) is 0 Å². The molecule has 4 heteroatoms. The first-order valence-electron chi connectivity index (χ1n) is 5.52. The molecular weight excluding hydrogens is 236 g/mol. The predicted octanol–water partition coefficient (Wildman–Crippen LogP) is 3.26. The molecule has 0 atom stereocenters. The summed E-state index contributed by atoms with van der Waals surface area (Å²) >= 11 is 0.